The van der Waals surface area contributed by atoms with Crippen molar-refractivity contribution < 1.29 is 13.6 Å². The Kier molecular flexibility index (Phi) is 3.00. The molecule has 0 saturated carbocycles. The molecule has 1 aromatic carbocycles. The van der Waals surface area contributed by atoms with Crippen molar-refractivity contribution in [1.29, 1.82) is 0 Å². The SMILES string of the molecule is O=C(Cc1coc2ccc(F)cc12)Nc1nccs1. The fourth-order valence-electron chi connectivity index (χ4n) is 1.81. The van der Waals surface area contributed by atoms with Crippen LogP contribution in [0.15, 0.2) is 40.5 Å². The molecule has 0 saturated heterocycles. The highest BCUT2D eigenvalue weighted by Crippen LogP contribution is 2.23. The quantitative estimate of drug-likeness (QED) is 0.799. The van der Waals surface area contributed by atoms with Crippen molar-refractivity contribution in [3.05, 3.63) is 47.4 Å². The number of halogens is 1. The number of furan rings is 1. The average molecular weight is 276 g/mol. The molecule has 1 N–H and O–H groups in total. The van der Waals surface area contributed by atoms with E-state index in [0.29, 0.717) is 21.7 Å². The van der Waals surface area contributed by atoms with Gasteiger partial charge in [0, 0.05) is 22.5 Å². The van der Waals surface area contributed by atoms with Crippen LogP contribution in [0.4, 0.5) is 9.52 Å². The minimum Gasteiger partial charge on any atom is -0.464 e. The van der Waals surface area contributed by atoms with Crippen LogP contribution >= 0.6 is 11.3 Å². The molecule has 0 unspecified atom stereocenters. The molecule has 0 fully saturated rings. The number of benzene rings is 1. The number of anilines is 1. The maximum absolute atomic E-state index is 13.2. The third-order valence-corrected chi connectivity index (χ3v) is 3.33. The Bertz CT molecular complexity index is 721. The summed E-state index contributed by atoms with van der Waals surface area (Å²) in [7, 11) is 0. The lowest BCUT2D eigenvalue weighted by atomic mass is 10.1. The normalized spacial score (nSPS) is 10.8. The number of hydrogen-bond acceptors (Lipinski definition) is 4. The lowest BCUT2D eigenvalue weighted by Gasteiger charge is -2.00. The molecule has 96 valence electrons. The van der Waals surface area contributed by atoms with E-state index in [2.05, 4.69) is 10.3 Å². The van der Waals surface area contributed by atoms with Crippen LogP contribution in [-0.2, 0) is 11.2 Å². The molecule has 4 nitrogen and oxygen atoms in total. The monoisotopic (exact) mass is 276 g/mol. The van der Waals surface area contributed by atoms with Crippen LogP contribution in [0.5, 0.6) is 0 Å². The number of nitrogens with one attached hydrogen (secondary N) is 1. The van der Waals surface area contributed by atoms with Crippen LogP contribution in [-0.4, -0.2) is 10.9 Å². The first kappa shape index (κ1) is 11.9. The summed E-state index contributed by atoms with van der Waals surface area (Å²) in [6, 6.07) is 4.24. The topological polar surface area (TPSA) is 55.1 Å². The van der Waals surface area contributed by atoms with Crippen LogP contribution < -0.4 is 5.32 Å². The van der Waals surface area contributed by atoms with Crippen molar-refractivity contribution in [3.8, 4) is 0 Å². The van der Waals surface area contributed by atoms with Gasteiger partial charge in [-0.05, 0) is 18.2 Å². The zero-order chi connectivity index (χ0) is 13.2. The van der Waals surface area contributed by atoms with Gasteiger partial charge in [0.1, 0.15) is 11.4 Å². The highest BCUT2D eigenvalue weighted by Gasteiger charge is 2.12. The summed E-state index contributed by atoms with van der Waals surface area (Å²) in [6.45, 7) is 0. The molecule has 0 aliphatic rings. The zero-order valence-electron chi connectivity index (χ0n) is 9.72. The third-order valence-electron chi connectivity index (χ3n) is 2.65. The summed E-state index contributed by atoms with van der Waals surface area (Å²) in [5, 5.41) is 5.61. The maximum atomic E-state index is 13.2. The molecule has 2 aromatic heterocycles. The predicted octanol–water partition coefficient (Wildman–Crippen LogP) is 3.21. The number of nitrogens with zero attached hydrogens (tertiary/aromatic N) is 1. The van der Waals surface area contributed by atoms with Gasteiger partial charge in [-0.25, -0.2) is 9.37 Å². The molecule has 6 heteroatoms. The van der Waals surface area contributed by atoms with Gasteiger partial charge in [-0.3, -0.25) is 4.79 Å². The lowest BCUT2D eigenvalue weighted by Crippen LogP contribution is -2.13. The molecule has 0 radical (unpaired) electrons. The van der Waals surface area contributed by atoms with E-state index in [1.165, 1.54) is 29.7 Å². The third kappa shape index (κ3) is 2.48. The van der Waals surface area contributed by atoms with Gasteiger partial charge in [-0.15, -0.1) is 11.3 Å². The molecule has 2 heterocycles. The van der Waals surface area contributed by atoms with Crippen molar-refractivity contribution in [3.63, 3.8) is 0 Å². The largest absolute Gasteiger partial charge is 0.464 e. The van der Waals surface area contributed by atoms with Gasteiger partial charge in [-0.2, -0.15) is 0 Å². The van der Waals surface area contributed by atoms with Crippen molar-refractivity contribution in [2.75, 3.05) is 5.32 Å². The van der Waals surface area contributed by atoms with E-state index in [4.69, 9.17) is 4.42 Å². The summed E-state index contributed by atoms with van der Waals surface area (Å²) >= 11 is 1.34. The molecule has 3 rings (SSSR count). The van der Waals surface area contributed by atoms with Gasteiger partial charge in [0.15, 0.2) is 5.13 Å². The number of rotatable bonds is 3. The smallest absolute Gasteiger partial charge is 0.230 e. The Morgan fingerprint density at radius 1 is 1.47 bits per heavy atom. The average Bonchev–Trinajstić information content (AvgIpc) is 3.00. The van der Waals surface area contributed by atoms with Crippen molar-refractivity contribution in [2.24, 2.45) is 0 Å². The number of carbonyl (C=O) groups excluding carboxylic acids is 1. The Morgan fingerprint density at radius 3 is 3.16 bits per heavy atom. The van der Waals surface area contributed by atoms with Gasteiger partial charge in [-0.1, -0.05) is 0 Å². The molecular formula is C13H9FN2O2S. The van der Waals surface area contributed by atoms with E-state index in [1.807, 2.05) is 0 Å². The Balaban J connectivity index is 1.81. The first-order valence-electron chi connectivity index (χ1n) is 5.57. The molecular weight excluding hydrogens is 267 g/mol. The van der Waals surface area contributed by atoms with Gasteiger partial charge < -0.3 is 9.73 Å². The second-order valence-electron chi connectivity index (χ2n) is 3.96. The van der Waals surface area contributed by atoms with Gasteiger partial charge in [0.25, 0.3) is 0 Å². The Hall–Kier alpha value is -2.21. The summed E-state index contributed by atoms with van der Waals surface area (Å²) in [5.41, 5.74) is 1.22. The van der Waals surface area contributed by atoms with Crippen LogP contribution in [0.25, 0.3) is 11.0 Å². The second kappa shape index (κ2) is 4.81. The molecule has 0 atom stereocenters. The summed E-state index contributed by atoms with van der Waals surface area (Å²) in [5.74, 6) is -0.558. The molecule has 0 aliphatic carbocycles. The molecule has 0 aliphatic heterocycles. The molecule has 0 bridgehead atoms. The van der Waals surface area contributed by atoms with Crippen LogP contribution in [0.2, 0.25) is 0 Å². The summed E-state index contributed by atoms with van der Waals surface area (Å²) < 4.78 is 18.5. The summed E-state index contributed by atoms with van der Waals surface area (Å²) in [6.07, 6.45) is 3.21. The van der Waals surface area contributed by atoms with Gasteiger partial charge in [0.05, 0.1) is 12.7 Å². The van der Waals surface area contributed by atoms with E-state index >= 15 is 0 Å². The number of fused-ring (bicyclic) bond motifs is 1. The molecule has 1 amide bonds. The Labute approximate surface area is 111 Å². The van der Waals surface area contributed by atoms with Crippen LogP contribution in [0.3, 0.4) is 0 Å². The predicted molar refractivity (Wildman–Crippen MR) is 70.6 cm³/mol. The van der Waals surface area contributed by atoms with Crippen molar-refractivity contribution >= 4 is 33.3 Å². The molecule has 3 aromatic rings. The van der Waals surface area contributed by atoms with E-state index in [0.717, 1.165) is 0 Å². The summed E-state index contributed by atoms with van der Waals surface area (Å²) in [4.78, 5) is 15.8. The highest BCUT2D eigenvalue weighted by molar-refractivity contribution is 7.13. The first-order valence-corrected chi connectivity index (χ1v) is 6.45. The molecule has 19 heavy (non-hydrogen) atoms. The molecule has 0 spiro atoms. The number of amides is 1. The van der Waals surface area contributed by atoms with E-state index in [9.17, 15) is 9.18 Å². The van der Waals surface area contributed by atoms with Crippen LogP contribution in [0, 0.1) is 5.82 Å². The first-order chi connectivity index (χ1) is 9.22. The van der Waals surface area contributed by atoms with Gasteiger partial charge >= 0.3 is 0 Å². The fraction of sp³-hybridized carbons (Fsp3) is 0.0769. The van der Waals surface area contributed by atoms with Crippen molar-refractivity contribution in [1.82, 2.24) is 4.98 Å². The van der Waals surface area contributed by atoms with Crippen LogP contribution in [0.1, 0.15) is 5.56 Å². The lowest BCUT2D eigenvalue weighted by molar-refractivity contribution is -0.115. The number of hydrogen-bond donors (Lipinski definition) is 1. The van der Waals surface area contributed by atoms with Gasteiger partial charge in [0.2, 0.25) is 5.91 Å². The number of carbonyl (C=O) groups is 1. The minimum absolute atomic E-state index is 0.121. The highest BCUT2D eigenvalue weighted by atomic mass is 32.1. The van der Waals surface area contributed by atoms with E-state index < -0.39 is 0 Å². The minimum atomic E-state index is -0.351. The van der Waals surface area contributed by atoms with E-state index in [-0.39, 0.29) is 18.1 Å². The fourth-order valence-corrected chi connectivity index (χ4v) is 2.36. The number of thiazole rings is 1. The second-order valence-corrected chi connectivity index (χ2v) is 4.86. The maximum Gasteiger partial charge on any atom is 0.230 e. The van der Waals surface area contributed by atoms with E-state index in [1.54, 1.807) is 17.6 Å². The standard InChI is InChI=1S/C13H9FN2O2S/c14-9-1-2-11-10(6-9)8(7-18-11)5-12(17)16-13-15-3-4-19-13/h1-4,6-7H,5H2,(H,15,16,17). The zero-order valence-corrected chi connectivity index (χ0v) is 10.5. The Morgan fingerprint density at radius 2 is 2.37 bits per heavy atom. The number of aromatic nitrogens is 1. The van der Waals surface area contributed by atoms with Crippen molar-refractivity contribution in [2.45, 2.75) is 6.42 Å².